The predicted octanol–water partition coefficient (Wildman–Crippen LogP) is 3.36. The summed E-state index contributed by atoms with van der Waals surface area (Å²) in [6.07, 6.45) is 6.01. The van der Waals surface area contributed by atoms with Crippen LogP contribution in [0.1, 0.15) is 44.6 Å². The smallest absolute Gasteiger partial charge is 0.124 e. The lowest BCUT2D eigenvalue weighted by Gasteiger charge is -2.32. The number of benzene rings is 1. The Morgan fingerprint density at radius 3 is 2.78 bits per heavy atom. The van der Waals surface area contributed by atoms with Crippen molar-refractivity contribution >= 4 is 0 Å². The van der Waals surface area contributed by atoms with Crippen molar-refractivity contribution in [2.24, 2.45) is 0 Å². The van der Waals surface area contributed by atoms with Gasteiger partial charge in [-0.1, -0.05) is 0 Å². The third-order valence-corrected chi connectivity index (χ3v) is 4.25. The molecule has 2 fully saturated rings. The van der Waals surface area contributed by atoms with Crippen molar-refractivity contribution in [3.63, 3.8) is 0 Å². The van der Waals surface area contributed by atoms with Crippen LogP contribution in [0.5, 0.6) is 5.75 Å². The average Bonchev–Trinajstić information content (AvgIpc) is 2.73. The van der Waals surface area contributed by atoms with E-state index in [0.29, 0.717) is 6.10 Å². The first-order valence-corrected chi connectivity index (χ1v) is 6.89. The van der Waals surface area contributed by atoms with Gasteiger partial charge in [0.25, 0.3) is 0 Å². The minimum absolute atomic E-state index is 0.138. The summed E-state index contributed by atoms with van der Waals surface area (Å²) in [4.78, 5) is 0. The van der Waals surface area contributed by atoms with Crippen molar-refractivity contribution in [3.8, 4) is 5.75 Å². The Morgan fingerprint density at radius 1 is 1.33 bits per heavy atom. The second-order valence-corrected chi connectivity index (χ2v) is 5.67. The van der Waals surface area contributed by atoms with Gasteiger partial charge in [-0.05, 0) is 63.8 Å². The fourth-order valence-electron chi connectivity index (χ4n) is 2.83. The zero-order valence-corrected chi connectivity index (χ0v) is 10.8. The average molecular weight is 249 g/mol. The first kappa shape index (κ1) is 12.0. The van der Waals surface area contributed by atoms with E-state index in [-0.39, 0.29) is 11.4 Å². The number of halogens is 1. The number of ether oxygens (including phenoxy) is 1. The molecule has 1 atom stereocenters. The molecule has 1 unspecified atom stereocenters. The molecule has 0 aromatic heterocycles. The van der Waals surface area contributed by atoms with Crippen LogP contribution < -0.4 is 10.1 Å². The quantitative estimate of drug-likeness (QED) is 0.887. The third-order valence-electron chi connectivity index (χ3n) is 4.25. The normalized spacial score (nSPS) is 28.1. The van der Waals surface area contributed by atoms with E-state index in [1.54, 1.807) is 12.1 Å². The maximum absolute atomic E-state index is 13.5. The summed E-state index contributed by atoms with van der Waals surface area (Å²) in [6.45, 7) is 3.14. The zero-order valence-electron chi connectivity index (χ0n) is 10.8. The lowest BCUT2D eigenvalue weighted by atomic mass is 9.89. The summed E-state index contributed by atoms with van der Waals surface area (Å²) < 4.78 is 19.5. The van der Waals surface area contributed by atoms with E-state index in [9.17, 15) is 4.39 Å². The molecule has 1 aliphatic carbocycles. The van der Waals surface area contributed by atoms with Gasteiger partial charge in [-0.25, -0.2) is 4.39 Å². The maximum Gasteiger partial charge on any atom is 0.124 e. The number of rotatable bonds is 3. The van der Waals surface area contributed by atoms with Crippen molar-refractivity contribution in [2.75, 3.05) is 6.54 Å². The van der Waals surface area contributed by atoms with E-state index in [4.69, 9.17) is 4.74 Å². The van der Waals surface area contributed by atoms with E-state index in [1.165, 1.54) is 12.5 Å². The number of nitrogens with one attached hydrogen (secondary N) is 1. The van der Waals surface area contributed by atoms with E-state index in [1.807, 2.05) is 0 Å². The van der Waals surface area contributed by atoms with Crippen molar-refractivity contribution in [1.29, 1.82) is 0 Å². The van der Waals surface area contributed by atoms with Crippen LogP contribution in [0.15, 0.2) is 18.2 Å². The Labute approximate surface area is 108 Å². The number of hydrogen-bond donors (Lipinski definition) is 1. The van der Waals surface area contributed by atoms with Gasteiger partial charge in [-0.2, -0.15) is 0 Å². The topological polar surface area (TPSA) is 21.3 Å². The lowest BCUT2D eigenvalue weighted by Crippen LogP contribution is -2.35. The molecular formula is C15H20FNO. The SMILES string of the molecule is CC1(c2cc(F)ccc2OC2CCC2)CCCN1. The highest BCUT2D eigenvalue weighted by atomic mass is 19.1. The standard InChI is InChI=1S/C15H20FNO/c1-15(8-3-9-17-15)13-10-11(16)6-7-14(13)18-12-4-2-5-12/h6-7,10,12,17H,2-5,8-9H2,1H3. The van der Waals surface area contributed by atoms with Gasteiger partial charge in [-0.3, -0.25) is 0 Å². The van der Waals surface area contributed by atoms with Gasteiger partial charge in [0, 0.05) is 11.1 Å². The molecule has 0 radical (unpaired) electrons. The molecule has 2 nitrogen and oxygen atoms in total. The van der Waals surface area contributed by atoms with E-state index in [0.717, 1.165) is 43.5 Å². The first-order chi connectivity index (χ1) is 8.67. The molecule has 0 amide bonds. The molecule has 1 N–H and O–H groups in total. The van der Waals surface area contributed by atoms with E-state index in [2.05, 4.69) is 12.2 Å². The van der Waals surface area contributed by atoms with Crippen LogP contribution in [-0.2, 0) is 5.54 Å². The Hall–Kier alpha value is -1.09. The van der Waals surface area contributed by atoms with Gasteiger partial charge >= 0.3 is 0 Å². The maximum atomic E-state index is 13.5. The van der Waals surface area contributed by atoms with Crippen LogP contribution in [0.2, 0.25) is 0 Å². The molecule has 98 valence electrons. The molecule has 3 rings (SSSR count). The van der Waals surface area contributed by atoms with Crippen LogP contribution in [0.3, 0.4) is 0 Å². The monoisotopic (exact) mass is 249 g/mol. The molecule has 3 heteroatoms. The lowest BCUT2D eigenvalue weighted by molar-refractivity contribution is 0.116. The largest absolute Gasteiger partial charge is 0.490 e. The Morgan fingerprint density at radius 2 is 2.17 bits per heavy atom. The minimum Gasteiger partial charge on any atom is -0.490 e. The van der Waals surface area contributed by atoms with Gasteiger partial charge in [0.15, 0.2) is 0 Å². The zero-order chi connectivity index (χ0) is 12.6. The minimum atomic E-state index is -0.180. The Kier molecular flexibility index (Phi) is 3.02. The number of hydrogen-bond acceptors (Lipinski definition) is 2. The Balaban J connectivity index is 1.91. The summed E-state index contributed by atoms with van der Waals surface area (Å²) in [5, 5.41) is 3.48. The van der Waals surface area contributed by atoms with Crippen molar-refractivity contribution in [3.05, 3.63) is 29.6 Å². The summed E-state index contributed by atoms with van der Waals surface area (Å²) in [6, 6.07) is 4.91. The van der Waals surface area contributed by atoms with Crippen LogP contribution in [-0.4, -0.2) is 12.6 Å². The molecule has 1 heterocycles. The highest BCUT2D eigenvalue weighted by molar-refractivity contribution is 5.40. The predicted molar refractivity (Wildman–Crippen MR) is 69.3 cm³/mol. The second-order valence-electron chi connectivity index (χ2n) is 5.67. The summed E-state index contributed by atoms with van der Waals surface area (Å²) in [5.41, 5.74) is 0.841. The van der Waals surface area contributed by atoms with E-state index >= 15 is 0 Å². The van der Waals surface area contributed by atoms with Crippen molar-refractivity contribution < 1.29 is 9.13 Å². The molecule has 0 bridgehead atoms. The summed E-state index contributed by atoms with van der Waals surface area (Å²) in [7, 11) is 0. The van der Waals surface area contributed by atoms with Gasteiger partial charge in [0.05, 0.1) is 6.10 Å². The van der Waals surface area contributed by atoms with Crippen LogP contribution in [0.25, 0.3) is 0 Å². The molecule has 2 aliphatic rings. The van der Waals surface area contributed by atoms with Crippen LogP contribution >= 0.6 is 0 Å². The Bertz CT molecular complexity index is 436. The summed E-state index contributed by atoms with van der Waals surface area (Å²) in [5.74, 6) is 0.680. The third kappa shape index (κ3) is 2.12. The molecule has 1 aromatic carbocycles. The van der Waals surface area contributed by atoms with Gasteiger partial charge in [-0.15, -0.1) is 0 Å². The highest BCUT2D eigenvalue weighted by Crippen LogP contribution is 2.38. The van der Waals surface area contributed by atoms with Crippen LogP contribution in [0, 0.1) is 5.82 Å². The molecular weight excluding hydrogens is 229 g/mol. The molecule has 18 heavy (non-hydrogen) atoms. The second kappa shape index (κ2) is 4.54. The first-order valence-electron chi connectivity index (χ1n) is 6.89. The summed E-state index contributed by atoms with van der Waals surface area (Å²) >= 11 is 0. The fourth-order valence-corrected chi connectivity index (χ4v) is 2.83. The van der Waals surface area contributed by atoms with Gasteiger partial charge < -0.3 is 10.1 Å². The fraction of sp³-hybridized carbons (Fsp3) is 0.600. The molecule has 1 saturated carbocycles. The molecule has 0 spiro atoms. The van der Waals surface area contributed by atoms with Crippen LogP contribution in [0.4, 0.5) is 4.39 Å². The van der Waals surface area contributed by atoms with Gasteiger partial charge in [0.1, 0.15) is 11.6 Å². The molecule has 1 saturated heterocycles. The highest BCUT2D eigenvalue weighted by Gasteiger charge is 2.34. The molecule has 1 aliphatic heterocycles. The molecule has 1 aromatic rings. The van der Waals surface area contributed by atoms with Crippen molar-refractivity contribution in [2.45, 2.75) is 50.7 Å². The van der Waals surface area contributed by atoms with Crippen molar-refractivity contribution in [1.82, 2.24) is 5.32 Å². The van der Waals surface area contributed by atoms with E-state index < -0.39 is 0 Å². The van der Waals surface area contributed by atoms with Gasteiger partial charge in [0.2, 0.25) is 0 Å².